The number of benzene rings is 1. The van der Waals surface area contributed by atoms with Gasteiger partial charge < -0.3 is 13.7 Å². The van der Waals surface area contributed by atoms with Gasteiger partial charge in [-0.3, -0.25) is 0 Å². The Balaban J connectivity index is 2.42. The third-order valence-corrected chi connectivity index (χ3v) is 12.9. The molecule has 158 valence electrons. The van der Waals surface area contributed by atoms with Gasteiger partial charge in [0.25, 0.3) is 8.32 Å². The van der Waals surface area contributed by atoms with Gasteiger partial charge in [0.2, 0.25) is 0 Å². The molecule has 28 heavy (non-hydrogen) atoms. The molecule has 2 rings (SSSR count). The van der Waals surface area contributed by atoms with E-state index in [4.69, 9.17) is 13.7 Å². The average molecular weight is 408 g/mol. The normalized spacial score (nSPS) is 19.2. The van der Waals surface area contributed by atoms with E-state index < -0.39 is 26.6 Å². The Morgan fingerprint density at radius 2 is 1.32 bits per heavy atom. The van der Waals surface area contributed by atoms with Gasteiger partial charge in [0.05, 0.1) is 11.2 Å². The fourth-order valence-electron chi connectivity index (χ4n) is 4.52. The molecule has 1 aliphatic rings. The van der Waals surface area contributed by atoms with Crippen molar-refractivity contribution in [1.29, 1.82) is 0 Å². The van der Waals surface area contributed by atoms with E-state index in [1.165, 1.54) is 0 Å². The zero-order valence-electron chi connectivity index (χ0n) is 19.6. The van der Waals surface area contributed by atoms with Gasteiger partial charge in [-0.15, -0.1) is 0 Å². The van der Waals surface area contributed by atoms with Crippen LogP contribution in [0, 0.1) is 12.7 Å². The fourth-order valence-corrected chi connectivity index (χ4v) is 9.77. The molecule has 1 fully saturated rings. The van der Waals surface area contributed by atoms with Gasteiger partial charge in [0, 0.05) is 0 Å². The summed E-state index contributed by atoms with van der Waals surface area (Å²) in [6.07, 6.45) is 0. The summed E-state index contributed by atoms with van der Waals surface area (Å²) < 4.78 is 34.2. The highest BCUT2D eigenvalue weighted by molar-refractivity contribution is 6.78. The van der Waals surface area contributed by atoms with Crippen LogP contribution < -0.4 is 9.89 Å². The van der Waals surface area contributed by atoms with Crippen LogP contribution in [0.25, 0.3) is 0 Å². The Kier molecular flexibility index (Phi) is 6.50. The first-order valence-corrected chi connectivity index (χ1v) is 12.6. The van der Waals surface area contributed by atoms with E-state index in [-0.39, 0.29) is 5.82 Å². The molecule has 0 radical (unpaired) electrons. The molecule has 0 unspecified atom stereocenters. The molecule has 1 heterocycles. The number of rotatable bonds is 6. The lowest BCUT2D eigenvalue weighted by Crippen LogP contribution is -2.51. The van der Waals surface area contributed by atoms with Crippen LogP contribution in [0.3, 0.4) is 0 Å². The van der Waals surface area contributed by atoms with E-state index >= 15 is 4.39 Å². The largest absolute Gasteiger partial charge is 0.541 e. The first kappa shape index (κ1) is 23.4. The molecule has 0 N–H and O–H groups in total. The Morgan fingerprint density at radius 1 is 0.893 bits per heavy atom. The van der Waals surface area contributed by atoms with Crippen LogP contribution in [-0.4, -0.2) is 26.6 Å². The summed E-state index contributed by atoms with van der Waals surface area (Å²) in [5.41, 5.74) is 1.51. The highest BCUT2D eigenvalue weighted by atomic mass is 28.4. The van der Waals surface area contributed by atoms with E-state index in [0.29, 0.717) is 27.9 Å². The minimum Gasteiger partial charge on any atom is -0.541 e. The highest BCUT2D eigenvalue weighted by Crippen LogP contribution is 2.43. The van der Waals surface area contributed by atoms with Crippen molar-refractivity contribution in [2.45, 2.75) is 104 Å². The van der Waals surface area contributed by atoms with Gasteiger partial charge in [-0.25, -0.2) is 4.39 Å². The molecular formula is C22H38BFO3Si. The van der Waals surface area contributed by atoms with Gasteiger partial charge in [-0.05, 0) is 68.3 Å². The van der Waals surface area contributed by atoms with E-state index in [1.54, 1.807) is 13.0 Å². The maximum Gasteiger partial charge on any atom is 0.495 e. The summed E-state index contributed by atoms with van der Waals surface area (Å²) in [7, 11) is -2.79. The molecule has 0 amide bonds. The van der Waals surface area contributed by atoms with Crippen molar-refractivity contribution in [2.24, 2.45) is 0 Å². The van der Waals surface area contributed by atoms with Crippen LogP contribution in [0.4, 0.5) is 4.39 Å². The van der Waals surface area contributed by atoms with Gasteiger partial charge in [-0.2, -0.15) is 0 Å². The Hall–Kier alpha value is -0.848. The van der Waals surface area contributed by atoms with Crippen LogP contribution in [0.15, 0.2) is 12.1 Å². The molecule has 1 aliphatic heterocycles. The molecule has 3 nitrogen and oxygen atoms in total. The van der Waals surface area contributed by atoms with Crippen molar-refractivity contribution in [2.75, 3.05) is 0 Å². The van der Waals surface area contributed by atoms with Crippen LogP contribution >= 0.6 is 0 Å². The van der Waals surface area contributed by atoms with Gasteiger partial charge in [0.15, 0.2) is 5.82 Å². The summed E-state index contributed by atoms with van der Waals surface area (Å²) >= 11 is 0. The lowest BCUT2D eigenvalue weighted by molar-refractivity contribution is 0.00578. The van der Waals surface area contributed by atoms with Crippen LogP contribution in [0.5, 0.6) is 5.75 Å². The van der Waals surface area contributed by atoms with Crippen molar-refractivity contribution >= 4 is 20.9 Å². The summed E-state index contributed by atoms with van der Waals surface area (Å²) in [5, 5.41) is 0. The molecule has 1 saturated heterocycles. The third-order valence-electron chi connectivity index (χ3n) is 6.89. The summed E-state index contributed by atoms with van der Waals surface area (Å²) in [4.78, 5) is 0. The van der Waals surface area contributed by atoms with Crippen LogP contribution in [0.1, 0.15) is 74.8 Å². The second-order valence-corrected chi connectivity index (χ2v) is 15.5. The zero-order chi connectivity index (χ0) is 21.7. The van der Waals surface area contributed by atoms with Crippen molar-refractivity contribution < 1.29 is 18.1 Å². The Bertz CT molecular complexity index is 678. The number of hydrogen-bond donors (Lipinski definition) is 0. The maximum absolute atomic E-state index is 15.4. The standard InChI is InChI=1S/C22H38BFO3Si/c1-14(2)28(15(3)4,16(5)6)25-19-13-12-18(17(7)20(19)24)23-26-21(8,9)22(10,11)27-23/h12-16H,1-11H3. The molecule has 1 aromatic rings. The van der Waals surface area contributed by atoms with E-state index in [9.17, 15) is 0 Å². The quantitative estimate of drug-likeness (QED) is 0.542. The van der Waals surface area contributed by atoms with Gasteiger partial charge in [-0.1, -0.05) is 47.6 Å². The van der Waals surface area contributed by atoms with E-state index in [2.05, 4.69) is 41.5 Å². The first-order valence-electron chi connectivity index (χ1n) is 10.5. The van der Waals surface area contributed by atoms with Gasteiger partial charge >= 0.3 is 7.12 Å². The third kappa shape index (κ3) is 3.80. The Morgan fingerprint density at radius 3 is 1.71 bits per heavy atom. The predicted octanol–water partition coefficient (Wildman–Crippen LogP) is 5.99. The summed E-state index contributed by atoms with van der Waals surface area (Å²) in [5.74, 6) is 0.0616. The fraction of sp³-hybridized carbons (Fsp3) is 0.727. The smallest absolute Gasteiger partial charge is 0.495 e. The summed E-state index contributed by atoms with van der Waals surface area (Å²) in [6.45, 7) is 23.0. The molecule has 0 atom stereocenters. The average Bonchev–Trinajstić information content (AvgIpc) is 2.75. The molecule has 0 spiro atoms. The van der Waals surface area contributed by atoms with Crippen molar-refractivity contribution in [3.8, 4) is 5.75 Å². The lowest BCUT2D eigenvalue weighted by atomic mass is 9.76. The van der Waals surface area contributed by atoms with Crippen molar-refractivity contribution in [1.82, 2.24) is 0 Å². The molecule has 6 heteroatoms. The topological polar surface area (TPSA) is 27.7 Å². The SMILES string of the molecule is Cc1c(B2OC(C)(C)C(C)(C)O2)ccc(O[Si](C(C)C)(C(C)C)C(C)C)c1F. The maximum atomic E-state index is 15.4. The minimum absolute atomic E-state index is 0.300. The van der Waals surface area contributed by atoms with Crippen LogP contribution in [-0.2, 0) is 9.31 Å². The van der Waals surface area contributed by atoms with Crippen molar-refractivity contribution in [3.05, 3.63) is 23.5 Å². The molecule has 0 bridgehead atoms. The molecule has 1 aromatic carbocycles. The predicted molar refractivity (Wildman–Crippen MR) is 119 cm³/mol. The van der Waals surface area contributed by atoms with Gasteiger partial charge in [0.1, 0.15) is 5.75 Å². The molecule has 0 aliphatic carbocycles. The Labute approximate surface area is 172 Å². The second kappa shape index (κ2) is 7.77. The highest BCUT2D eigenvalue weighted by Gasteiger charge is 2.52. The van der Waals surface area contributed by atoms with E-state index in [1.807, 2.05) is 33.8 Å². The first-order chi connectivity index (χ1) is 12.7. The number of hydrogen-bond acceptors (Lipinski definition) is 3. The number of halogens is 1. The zero-order valence-corrected chi connectivity index (χ0v) is 20.6. The van der Waals surface area contributed by atoms with E-state index in [0.717, 1.165) is 5.46 Å². The van der Waals surface area contributed by atoms with Crippen molar-refractivity contribution in [3.63, 3.8) is 0 Å². The van der Waals surface area contributed by atoms with Crippen LogP contribution in [0.2, 0.25) is 16.6 Å². The second-order valence-electron chi connectivity index (χ2n) is 10.1. The molecular weight excluding hydrogens is 370 g/mol. The summed E-state index contributed by atoms with van der Waals surface area (Å²) in [6, 6.07) is 3.66. The lowest BCUT2D eigenvalue weighted by Gasteiger charge is -2.42. The minimum atomic E-state index is -2.22. The molecule has 0 saturated carbocycles. The molecule has 0 aromatic heterocycles. The monoisotopic (exact) mass is 408 g/mol.